The van der Waals surface area contributed by atoms with Crippen LogP contribution in [0, 0.1) is 21.4 Å². The first kappa shape index (κ1) is 17.8. The minimum Gasteiger partial charge on any atom is -0.324 e. The molecule has 0 unspecified atom stereocenters. The van der Waals surface area contributed by atoms with E-state index in [1.807, 2.05) is 18.2 Å². The summed E-state index contributed by atoms with van der Waals surface area (Å²) in [5.74, 6) is 0.569. The second-order valence-electron chi connectivity index (χ2n) is 4.77. The van der Waals surface area contributed by atoms with Crippen molar-refractivity contribution in [2.45, 2.75) is 5.75 Å². The van der Waals surface area contributed by atoms with Crippen LogP contribution in [0.2, 0.25) is 5.02 Å². The van der Waals surface area contributed by atoms with E-state index >= 15 is 0 Å². The molecule has 0 aliphatic carbocycles. The van der Waals surface area contributed by atoms with Crippen molar-refractivity contribution in [2.24, 2.45) is 0 Å². The summed E-state index contributed by atoms with van der Waals surface area (Å²) < 4.78 is 0. The molecular formula is C16H12ClN3O3S. The fourth-order valence-corrected chi connectivity index (χ4v) is 2.79. The van der Waals surface area contributed by atoms with E-state index < -0.39 is 4.92 Å². The van der Waals surface area contributed by atoms with Crippen LogP contribution in [0.5, 0.6) is 0 Å². The van der Waals surface area contributed by atoms with Crippen LogP contribution in [0.15, 0.2) is 42.5 Å². The molecule has 0 saturated heterocycles. The van der Waals surface area contributed by atoms with Crippen LogP contribution in [0.1, 0.15) is 11.1 Å². The molecule has 0 spiro atoms. The molecule has 0 aliphatic heterocycles. The van der Waals surface area contributed by atoms with E-state index in [0.717, 1.165) is 11.6 Å². The van der Waals surface area contributed by atoms with Crippen LogP contribution in [-0.2, 0) is 10.5 Å². The van der Waals surface area contributed by atoms with E-state index in [-0.39, 0.29) is 28.6 Å². The van der Waals surface area contributed by atoms with Gasteiger partial charge in [-0.1, -0.05) is 23.7 Å². The van der Waals surface area contributed by atoms with Crippen LogP contribution in [0.3, 0.4) is 0 Å². The number of rotatable bonds is 6. The number of nitrogens with one attached hydrogen (secondary N) is 1. The molecule has 0 atom stereocenters. The molecule has 0 saturated carbocycles. The highest BCUT2D eigenvalue weighted by molar-refractivity contribution is 7.99. The molecule has 24 heavy (non-hydrogen) atoms. The van der Waals surface area contributed by atoms with Gasteiger partial charge in [0.1, 0.15) is 6.07 Å². The smallest absolute Gasteiger partial charge is 0.270 e. The third-order valence-electron chi connectivity index (χ3n) is 3.02. The lowest BCUT2D eigenvalue weighted by Crippen LogP contribution is -2.15. The number of amides is 1. The zero-order valence-electron chi connectivity index (χ0n) is 12.4. The van der Waals surface area contributed by atoms with E-state index in [9.17, 15) is 14.9 Å². The zero-order valence-corrected chi connectivity index (χ0v) is 13.9. The first-order chi connectivity index (χ1) is 11.5. The van der Waals surface area contributed by atoms with Gasteiger partial charge in [0.2, 0.25) is 5.91 Å². The largest absolute Gasteiger partial charge is 0.324 e. The van der Waals surface area contributed by atoms with Crippen LogP contribution in [-0.4, -0.2) is 16.6 Å². The van der Waals surface area contributed by atoms with Gasteiger partial charge >= 0.3 is 0 Å². The van der Waals surface area contributed by atoms with Gasteiger partial charge in [0.15, 0.2) is 0 Å². The molecule has 0 aliphatic rings. The number of nitro benzene ring substituents is 1. The Bertz CT molecular complexity index is 803. The first-order valence-electron chi connectivity index (χ1n) is 6.80. The molecule has 2 aromatic carbocycles. The number of carbonyl (C=O) groups excluding carboxylic acids is 1. The quantitative estimate of drug-likeness (QED) is 0.619. The van der Waals surface area contributed by atoms with Crippen molar-refractivity contribution in [1.29, 1.82) is 5.26 Å². The van der Waals surface area contributed by atoms with E-state index in [1.165, 1.54) is 23.9 Å². The summed E-state index contributed by atoms with van der Waals surface area (Å²) in [6.07, 6.45) is 0. The van der Waals surface area contributed by atoms with Gasteiger partial charge < -0.3 is 5.32 Å². The predicted molar refractivity (Wildman–Crippen MR) is 94.1 cm³/mol. The summed E-state index contributed by atoms with van der Waals surface area (Å²) in [4.78, 5) is 22.1. The summed E-state index contributed by atoms with van der Waals surface area (Å²) in [6, 6.07) is 12.9. The molecule has 0 fully saturated rings. The molecule has 122 valence electrons. The average Bonchev–Trinajstić information content (AvgIpc) is 2.56. The number of anilines is 1. The molecule has 0 bridgehead atoms. The number of hydrogen-bond donors (Lipinski definition) is 1. The van der Waals surface area contributed by atoms with Crippen molar-refractivity contribution < 1.29 is 9.72 Å². The number of nitro groups is 1. The Kier molecular flexibility index (Phi) is 6.18. The fourth-order valence-electron chi connectivity index (χ4n) is 1.88. The standard InChI is InChI=1S/C16H12ClN3O3S/c17-13-3-1-11(2-4-13)9-24-10-16(21)19-15-6-5-14(20(22)23)7-12(15)8-18/h1-7H,9-10H2,(H,19,21). The number of non-ortho nitro benzene ring substituents is 1. The van der Waals surface area contributed by atoms with Crippen molar-refractivity contribution in [3.63, 3.8) is 0 Å². The summed E-state index contributed by atoms with van der Waals surface area (Å²) in [6.45, 7) is 0. The van der Waals surface area contributed by atoms with Crippen LogP contribution in [0.4, 0.5) is 11.4 Å². The second kappa shape index (κ2) is 8.34. The Hall–Kier alpha value is -2.56. The maximum absolute atomic E-state index is 11.9. The van der Waals surface area contributed by atoms with Crippen LogP contribution < -0.4 is 5.32 Å². The minimum absolute atomic E-state index is 0.0558. The second-order valence-corrected chi connectivity index (χ2v) is 6.19. The number of nitrogens with zero attached hydrogens (tertiary/aromatic N) is 2. The van der Waals surface area contributed by atoms with E-state index in [0.29, 0.717) is 10.8 Å². The summed E-state index contributed by atoms with van der Waals surface area (Å²) >= 11 is 7.22. The monoisotopic (exact) mass is 361 g/mol. The lowest BCUT2D eigenvalue weighted by atomic mass is 10.1. The topological polar surface area (TPSA) is 96.0 Å². The van der Waals surface area contributed by atoms with E-state index in [4.69, 9.17) is 16.9 Å². The highest BCUT2D eigenvalue weighted by atomic mass is 35.5. The van der Waals surface area contributed by atoms with Gasteiger partial charge in [-0.15, -0.1) is 11.8 Å². The molecule has 0 heterocycles. The Labute approximate surface area is 147 Å². The van der Waals surface area contributed by atoms with Crippen molar-refractivity contribution in [1.82, 2.24) is 0 Å². The van der Waals surface area contributed by atoms with Crippen LogP contribution in [0.25, 0.3) is 0 Å². The Balaban J connectivity index is 1.91. The molecule has 6 nitrogen and oxygen atoms in total. The minimum atomic E-state index is -0.589. The Morgan fingerprint density at radius 2 is 2.00 bits per heavy atom. The number of halogens is 1. The van der Waals surface area contributed by atoms with E-state index in [1.54, 1.807) is 12.1 Å². The van der Waals surface area contributed by atoms with E-state index in [2.05, 4.69) is 5.32 Å². The highest BCUT2D eigenvalue weighted by Gasteiger charge is 2.12. The number of carbonyl (C=O) groups is 1. The maximum Gasteiger partial charge on any atom is 0.270 e. The SMILES string of the molecule is N#Cc1cc([N+](=O)[O-])ccc1NC(=O)CSCc1ccc(Cl)cc1. The lowest BCUT2D eigenvalue weighted by Gasteiger charge is -2.07. The molecule has 1 amide bonds. The Morgan fingerprint density at radius 1 is 1.29 bits per heavy atom. The van der Waals surface area contributed by atoms with Crippen molar-refractivity contribution in [2.75, 3.05) is 11.1 Å². The molecule has 0 radical (unpaired) electrons. The van der Waals surface area contributed by atoms with Crippen molar-refractivity contribution >= 4 is 40.6 Å². The van der Waals surface area contributed by atoms with Gasteiger partial charge in [0, 0.05) is 22.9 Å². The van der Waals surface area contributed by atoms with Crippen molar-refractivity contribution in [3.05, 3.63) is 68.7 Å². The van der Waals surface area contributed by atoms with Gasteiger partial charge in [0.25, 0.3) is 5.69 Å². The van der Waals surface area contributed by atoms with Gasteiger partial charge in [-0.05, 0) is 23.8 Å². The van der Waals surface area contributed by atoms with Gasteiger partial charge in [-0.3, -0.25) is 14.9 Å². The van der Waals surface area contributed by atoms with Gasteiger partial charge in [-0.2, -0.15) is 5.26 Å². The number of thioether (sulfide) groups is 1. The van der Waals surface area contributed by atoms with Gasteiger partial charge in [-0.25, -0.2) is 0 Å². The number of hydrogen-bond acceptors (Lipinski definition) is 5. The maximum atomic E-state index is 11.9. The Morgan fingerprint density at radius 3 is 2.62 bits per heavy atom. The average molecular weight is 362 g/mol. The number of nitriles is 1. The number of benzene rings is 2. The summed E-state index contributed by atoms with van der Waals surface area (Å²) in [5, 5.41) is 23.0. The van der Waals surface area contributed by atoms with Crippen LogP contribution >= 0.6 is 23.4 Å². The third kappa shape index (κ3) is 4.98. The highest BCUT2D eigenvalue weighted by Crippen LogP contribution is 2.22. The molecule has 0 aromatic heterocycles. The molecular weight excluding hydrogens is 350 g/mol. The van der Waals surface area contributed by atoms with Gasteiger partial charge in [0.05, 0.1) is 21.9 Å². The lowest BCUT2D eigenvalue weighted by molar-refractivity contribution is -0.384. The van der Waals surface area contributed by atoms with Crippen molar-refractivity contribution in [3.8, 4) is 6.07 Å². The molecule has 1 N–H and O–H groups in total. The zero-order chi connectivity index (χ0) is 17.5. The molecule has 2 aromatic rings. The molecule has 8 heteroatoms. The summed E-state index contributed by atoms with van der Waals surface area (Å²) in [7, 11) is 0. The fraction of sp³-hybridized carbons (Fsp3) is 0.125. The normalized spacial score (nSPS) is 10.0. The summed E-state index contributed by atoms with van der Waals surface area (Å²) in [5.41, 5.74) is 1.17. The molecule has 2 rings (SSSR count). The third-order valence-corrected chi connectivity index (χ3v) is 4.28. The predicted octanol–water partition coefficient (Wildman–Crippen LogP) is 3.99. The first-order valence-corrected chi connectivity index (χ1v) is 8.33.